The van der Waals surface area contributed by atoms with Gasteiger partial charge < -0.3 is 5.32 Å². The average Bonchev–Trinajstić information content (AvgIpc) is 3.29. The van der Waals surface area contributed by atoms with Crippen LogP contribution in [0.25, 0.3) is 16.9 Å². The molecule has 1 amide bonds. The second kappa shape index (κ2) is 9.36. The summed E-state index contributed by atoms with van der Waals surface area (Å²) in [5.74, 6) is 0.728. The lowest BCUT2D eigenvalue weighted by molar-refractivity contribution is -0.126. The minimum absolute atomic E-state index is 0.0674. The van der Waals surface area contributed by atoms with Crippen molar-refractivity contribution in [2.75, 3.05) is 24.6 Å². The van der Waals surface area contributed by atoms with Crippen LogP contribution < -0.4 is 5.32 Å². The van der Waals surface area contributed by atoms with Crippen molar-refractivity contribution in [1.82, 2.24) is 24.8 Å². The molecule has 0 bridgehead atoms. The summed E-state index contributed by atoms with van der Waals surface area (Å²) in [6.45, 7) is 1.00. The van der Waals surface area contributed by atoms with Gasteiger partial charge >= 0.3 is 0 Å². The Morgan fingerprint density at radius 3 is 2.41 bits per heavy atom. The molecule has 1 aliphatic heterocycles. The van der Waals surface area contributed by atoms with Crippen LogP contribution in [0, 0.1) is 0 Å². The van der Waals surface area contributed by atoms with E-state index in [0.29, 0.717) is 19.6 Å². The van der Waals surface area contributed by atoms with Gasteiger partial charge in [0.2, 0.25) is 5.91 Å². The molecule has 1 aliphatic rings. The van der Waals surface area contributed by atoms with Crippen molar-refractivity contribution in [1.29, 1.82) is 0 Å². The van der Waals surface area contributed by atoms with Gasteiger partial charge in [-0.1, -0.05) is 48.5 Å². The molecule has 0 saturated carbocycles. The van der Waals surface area contributed by atoms with E-state index in [1.807, 2.05) is 76.2 Å². The summed E-state index contributed by atoms with van der Waals surface area (Å²) in [7, 11) is -3.04. The third-order valence-corrected chi connectivity index (χ3v) is 7.69. The smallest absolute Gasteiger partial charge is 0.242 e. The van der Waals surface area contributed by atoms with Gasteiger partial charge in [0.25, 0.3) is 0 Å². The fourth-order valence-electron chi connectivity index (χ4n) is 4.24. The van der Waals surface area contributed by atoms with E-state index in [-0.39, 0.29) is 17.4 Å². The first-order valence-corrected chi connectivity index (χ1v) is 13.0. The van der Waals surface area contributed by atoms with Crippen molar-refractivity contribution >= 4 is 26.8 Å². The van der Waals surface area contributed by atoms with Crippen molar-refractivity contribution in [3.8, 4) is 5.82 Å². The maximum Gasteiger partial charge on any atom is 0.242 e. The Morgan fingerprint density at radius 1 is 0.941 bits per heavy atom. The zero-order chi connectivity index (χ0) is 23.5. The highest BCUT2D eigenvalue weighted by atomic mass is 32.2. The molecule has 1 fully saturated rings. The number of nitrogens with one attached hydrogen (secondary N) is 1. The number of sulfone groups is 1. The van der Waals surface area contributed by atoms with Crippen LogP contribution in [0.2, 0.25) is 0 Å². The Labute approximate surface area is 198 Å². The summed E-state index contributed by atoms with van der Waals surface area (Å²) in [6, 6.07) is 20.6. The van der Waals surface area contributed by atoms with E-state index in [9.17, 15) is 13.2 Å². The van der Waals surface area contributed by atoms with E-state index in [2.05, 4.69) is 15.3 Å². The van der Waals surface area contributed by atoms with Gasteiger partial charge in [-0.05, 0) is 29.3 Å². The zero-order valence-electron chi connectivity index (χ0n) is 18.5. The number of carbonyl (C=O) groups is 1. The summed E-state index contributed by atoms with van der Waals surface area (Å²) in [5.41, 5.74) is 3.60. The van der Waals surface area contributed by atoms with Gasteiger partial charge in [-0.2, -0.15) is 0 Å². The molecule has 4 aromatic rings. The van der Waals surface area contributed by atoms with Crippen LogP contribution in [-0.2, 0) is 21.2 Å². The highest BCUT2D eigenvalue weighted by Gasteiger charge is 2.32. The highest BCUT2D eigenvalue weighted by molar-refractivity contribution is 7.91. The summed E-state index contributed by atoms with van der Waals surface area (Å²) >= 11 is 0. The van der Waals surface area contributed by atoms with Crippen LogP contribution in [0.15, 0.2) is 79.3 Å². The molecule has 1 N–H and O–H groups in total. The lowest BCUT2D eigenvalue weighted by Gasteiger charge is -2.33. The van der Waals surface area contributed by atoms with E-state index < -0.39 is 15.9 Å². The van der Waals surface area contributed by atoms with E-state index in [4.69, 9.17) is 0 Å². The SMILES string of the molecule is O=C(NCc1ccc(-n2cnc3ccccc32)nc1)C(c1ccccc1)N1CCS(=O)(=O)CC1. The number of aromatic nitrogens is 3. The molecule has 5 rings (SSSR count). The number of carbonyl (C=O) groups excluding carboxylic acids is 1. The fraction of sp³-hybridized carbons (Fsp3) is 0.240. The molecular weight excluding hydrogens is 450 g/mol. The van der Waals surface area contributed by atoms with E-state index in [1.54, 1.807) is 12.5 Å². The summed E-state index contributed by atoms with van der Waals surface area (Å²) in [4.78, 5) is 24.1. The largest absolute Gasteiger partial charge is 0.350 e. The second-order valence-corrected chi connectivity index (χ2v) is 10.7. The minimum Gasteiger partial charge on any atom is -0.350 e. The number of hydrogen-bond acceptors (Lipinski definition) is 6. The average molecular weight is 476 g/mol. The number of amides is 1. The number of fused-ring (bicyclic) bond motifs is 1. The first-order chi connectivity index (χ1) is 16.5. The standard InChI is InChI=1S/C25H25N5O3S/c31-25(24(20-6-2-1-3-7-20)29-12-14-34(32,33)15-13-29)27-17-19-10-11-23(26-16-19)30-18-28-21-8-4-5-9-22(21)30/h1-11,16,18,24H,12-15,17H2,(H,27,31). The monoisotopic (exact) mass is 475 g/mol. The van der Waals surface area contributed by atoms with Crippen LogP contribution in [0.4, 0.5) is 0 Å². The van der Waals surface area contributed by atoms with Gasteiger partial charge in [0, 0.05) is 25.8 Å². The summed E-state index contributed by atoms with van der Waals surface area (Å²) < 4.78 is 25.7. The molecule has 8 nitrogen and oxygen atoms in total. The Balaban J connectivity index is 1.29. The predicted molar refractivity (Wildman–Crippen MR) is 130 cm³/mol. The first-order valence-electron chi connectivity index (χ1n) is 11.1. The molecule has 174 valence electrons. The minimum atomic E-state index is -3.04. The van der Waals surface area contributed by atoms with Gasteiger partial charge in [-0.25, -0.2) is 18.4 Å². The lowest BCUT2D eigenvalue weighted by atomic mass is 10.0. The van der Waals surface area contributed by atoms with Crippen molar-refractivity contribution in [2.24, 2.45) is 0 Å². The first kappa shape index (κ1) is 22.2. The highest BCUT2D eigenvalue weighted by Crippen LogP contribution is 2.23. The number of benzene rings is 2. The number of nitrogens with zero attached hydrogens (tertiary/aromatic N) is 4. The molecule has 1 atom stereocenters. The Kier molecular flexibility index (Phi) is 6.12. The molecule has 0 aliphatic carbocycles. The van der Waals surface area contributed by atoms with Gasteiger partial charge in [0.1, 0.15) is 18.2 Å². The van der Waals surface area contributed by atoms with Crippen molar-refractivity contribution in [2.45, 2.75) is 12.6 Å². The van der Waals surface area contributed by atoms with Crippen LogP contribution in [-0.4, -0.2) is 58.4 Å². The van der Waals surface area contributed by atoms with Crippen LogP contribution in [0.1, 0.15) is 17.2 Å². The number of pyridine rings is 1. The molecule has 0 spiro atoms. The topological polar surface area (TPSA) is 97.2 Å². The molecule has 0 radical (unpaired) electrons. The second-order valence-electron chi connectivity index (χ2n) is 8.35. The van der Waals surface area contributed by atoms with Crippen molar-refractivity contribution < 1.29 is 13.2 Å². The molecule has 2 aromatic carbocycles. The zero-order valence-corrected chi connectivity index (χ0v) is 19.4. The molecule has 1 saturated heterocycles. The molecule has 34 heavy (non-hydrogen) atoms. The molecule has 9 heteroatoms. The van der Waals surface area contributed by atoms with Crippen molar-refractivity contribution in [3.63, 3.8) is 0 Å². The fourth-order valence-corrected chi connectivity index (χ4v) is 5.47. The van der Waals surface area contributed by atoms with Gasteiger partial charge in [0.05, 0.1) is 22.5 Å². The number of para-hydroxylation sites is 2. The van der Waals surface area contributed by atoms with Crippen LogP contribution >= 0.6 is 0 Å². The van der Waals surface area contributed by atoms with E-state index in [0.717, 1.165) is 28.0 Å². The summed E-state index contributed by atoms with van der Waals surface area (Å²) in [6.07, 6.45) is 3.49. The normalized spacial score (nSPS) is 16.8. The Morgan fingerprint density at radius 2 is 1.68 bits per heavy atom. The maximum absolute atomic E-state index is 13.2. The van der Waals surface area contributed by atoms with Gasteiger partial charge in [-0.3, -0.25) is 14.3 Å². The van der Waals surface area contributed by atoms with E-state index in [1.165, 1.54) is 0 Å². The maximum atomic E-state index is 13.2. The van der Waals surface area contributed by atoms with Gasteiger partial charge in [0.15, 0.2) is 9.84 Å². The third-order valence-electron chi connectivity index (χ3n) is 6.08. The number of hydrogen-bond donors (Lipinski definition) is 1. The Bertz CT molecular complexity index is 1390. The molecule has 1 unspecified atom stereocenters. The molecular formula is C25H25N5O3S. The number of rotatable bonds is 6. The number of imidazole rings is 1. The molecule has 2 aromatic heterocycles. The lowest BCUT2D eigenvalue weighted by Crippen LogP contribution is -2.47. The predicted octanol–water partition coefficient (Wildman–Crippen LogP) is 2.51. The Hall–Kier alpha value is -3.56. The quantitative estimate of drug-likeness (QED) is 0.460. The van der Waals surface area contributed by atoms with Crippen LogP contribution in [0.5, 0.6) is 0 Å². The van der Waals surface area contributed by atoms with Gasteiger partial charge in [-0.15, -0.1) is 0 Å². The van der Waals surface area contributed by atoms with Crippen LogP contribution in [0.3, 0.4) is 0 Å². The van der Waals surface area contributed by atoms with E-state index >= 15 is 0 Å². The molecule has 3 heterocycles. The third kappa shape index (κ3) is 4.71. The summed E-state index contributed by atoms with van der Waals surface area (Å²) in [5, 5.41) is 3.01. The van der Waals surface area contributed by atoms with Crippen molar-refractivity contribution in [3.05, 3.63) is 90.4 Å².